The Hall–Kier alpha value is -1.30. The molecule has 0 aliphatic rings. The van der Waals surface area contributed by atoms with Crippen LogP contribution in [-0.2, 0) is 6.54 Å². The van der Waals surface area contributed by atoms with E-state index in [1.807, 2.05) is 0 Å². The van der Waals surface area contributed by atoms with Gasteiger partial charge in [-0.25, -0.2) is 4.39 Å². The van der Waals surface area contributed by atoms with E-state index in [0.29, 0.717) is 0 Å². The summed E-state index contributed by atoms with van der Waals surface area (Å²) in [6.45, 7) is -0.659. The lowest BCUT2D eigenvalue weighted by molar-refractivity contribution is -0.139. The van der Waals surface area contributed by atoms with Gasteiger partial charge in [0.2, 0.25) is 0 Å². The van der Waals surface area contributed by atoms with Crippen LogP contribution in [0.4, 0.5) is 17.6 Å². The molecule has 0 heterocycles. The average Bonchev–Trinajstić information content (AvgIpc) is 2.16. The minimum absolute atomic E-state index is 0.0618. The number of benzene rings is 1. The van der Waals surface area contributed by atoms with Crippen molar-refractivity contribution in [2.45, 2.75) is 19.1 Å². The fourth-order valence-electron chi connectivity index (χ4n) is 1.15. The highest BCUT2D eigenvalue weighted by Gasteiger charge is 2.27. The number of nitrogens with two attached hydrogens (primary N) is 1. The van der Waals surface area contributed by atoms with E-state index in [-0.39, 0.29) is 17.9 Å². The number of ether oxygens (including phenoxy) is 1. The Kier molecular flexibility index (Phi) is 4.12. The number of rotatable bonds is 4. The first kappa shape index (κ1) is 12.8. The maximum atomic E-state index is 13.1. The van der Waals surface area contributed by atoms with Crippen LogP contribution >= 0.6 is 0 Å². The quantitative estimate of drug-likeness (QED) is 0.817. The van der Waals surface area contributed by atoms with Crippen molar-refractivity contribution >= 4 is 0 Å². The molecule has 0 aliphatic heterocycles. The Morgan fingerprint density at radius 3 is 2.50 bits per heavy atom. The van der Waals surface area contributed by atoms with Gasteiger partial charge in [0, 0.05) is 12.1 Å². The van der Waals surface area contributed by atoms with Gasteiger partial charge in [0.1, 0.15) is 11.6 Å². The topological polar surface area (TPSA) is 35.2 Å². The van der Waals surface area contributed by atoms with Gasteiger partial charge in [0.05, 0.1) is 13.0 Å². The summed E-state index contributed by atoms with van der Waals surface area (Å²) in [5, 5.41) is 0. The van der Waals surface area contributed by atoms with E-state index in [4.69, 9.17) is 10.5 Å². The second-order valence-corrected chi connectivity index (χ2v) is 3.13. The SMILES string of the molecule is NCc1c(F)cccc1OCCC(F)(F)F. The standard InChI is InChI=1S/C10H11F4NO/c11-8-2-1-3-9(7(8)6-15)16-5-4-10(12,13)14/h1-3H,4-6,15H2. The third-order valence-corrected chi connectivity index (χ3v) is 1.92. The summed E-state index contributed by atoms with van der Waals surface area (Å²) in [5.74, 6) is -0.515. The average molecular weight is 237 g/mol. The lowest BCUT2D eigenvalue weighted by Crippen LogP contribution is -2.14. The van der Waals surface area contributed by atoms with Gasteiger partial charge in [-0.2, -0.15) is 13.2 Å². The predicted molar refractivity (Wildman–Crippen MR) is 50.5 cm³/mol. The highest BCUT2D eigenvalue weighted by Crippen LogP contribution is 2.23. The van der Waals surface area contributed by atoms with Crippen LogP contribution in [0.3, 0.4) is 0 Å². The van der Waals surface area contributed by atoms with Crippen molar-refractivity contribution in [1.29, 1.82) is 0 Å². The fraction of sp³-hybridized carbons (Fsp3) is 0.400. The smallest absolute Gasteiger partial charge is 0.392 e. The van der Waals surface area contributed by atoms with Crippen molar-refractivity contribution < 1.29 is 22.3 Å². The van der Waals surface area contributed by atoms with Gasteiger partial charge in [0.15, 0.2) is 0 Å². The molecular formula is C10H11F4NO. The second kappa shape index (κ2) is 5.16. The van der Waals surface area contributed by atoms with Crippen molar-refractivity contribution in [2.75, 3.05) is 6.61 Å². The number of hydrogen-bond donors (Lipinski definition) is 1. The highest BCUT2D eigenvalue weighted by molar-refractivity contribution is 5.34. The zero-order valence-electron chi connectivity index (χ0n) is 8.35. The van der Waals surface area contributed by atoms with Gasteiger partial charge >= 0.3 is 6.18 Å². The van der Waals surface area contributed by atoms with Crippen molar-refractivity contribution in [3.63, 3.8) is 0 Å². The molecule has 1 aromatic carbocycles. The van der Waals surface area contributed by atoms with E-state index in [1.165, 1.54) is 18.2 Å². The Bertz CT molecular complexity index is 351. The van der Waals surface area contributed by atoms with Gasteiger partial charge in [-0.3, -0.25) is 0 Å². The molecule has 6 heteroatoms. The van der Waals surface area contributed by atoms with Gasteiger partial charge < -0.3 is 10.5 Å². The van der Waals surface area contributed by atoms with Crippen LogP contribution in [0, 0.1) is 5.82 Å². The van der Waals surface area contributed by atoms with Gasteiger partial charge in [0.25, 0.3) is 0 Å². The number of alkyl halides is 3. The normalized spacial score (nSPS) is 11.6. The van der Waals surface area contributed by atoms with Crippen LogP contribution in [0.5, 0.6) is 5.75 Å². The van der Waals surface area contributed by atoms with Crippen LogP contribution in [0.2, 0.25) is 0 Å². The Labute approximate surface area is 90.0 Å². The van der Waals surface area contributed by atoms with Gasteiger partial charge in [-0.15, -0.1) is 0 Å². The Morgan fingerprint density at radius 1 is 1.25 bits per heavy atom. The van der Waals surface area contributed by atoms with E-state index in [1.54, 1.807) is 0 Å². The molecule has 0 atom stereocenters. The van der Waals surface area contributed by atoms with Crippen molar-refractivity contribution in [2.24, 2.45) is 5.73 Å². The molecule has 0 saturated carbocycles. The van der Waals surface area contributed by atoms with E-state index < -0.39 is 25.0 Å². The highest BCUT2D eigenvalue weighted by atomic mass is 19.4. The van der Waals surface area contributed by atoms with Crippen LogP contribution in [0.25, 0.3) is 0 Å². The predicted octanol–water partition coefficient (Wildman–Crippen LogP) is 2.62. The number of halogens is 4. The van der Waals surface area contributed by atoms with Crippen molar-refractivity contribution in [3.05, 3.63) is 29.6 Å². The van der Waals surface area contributed by atoms with E-state index >= 15 is 0 Å². The number of hydrogen-bond acceptors (Lipinski definition) is 2. The van der Waals surface area contributed by atoms with E-state index in [0.717, 1.165) is 0 Å². The third kappa shape index (κ3) is 3.69. The second-order valence-electron chi connectivity index (χ2n) is 3.13. The summed E-state index contributed by atoms with van der Waals surface area (Å²) in [7, 11) is 0. The molecule has 90 valence electrons. The zero-order valence-corrected chi connectivity index (χ0v) is 8.35. The minimum Gasteiger partial charge on any atom is -0.493 e. The van der Waals surface area contributed by atoms with E-state index in [9.17, 15) is 17.6 Å². The Morgan fingerprint density at radius 2 is 1.94 bits per heavy atom. The molecule has 0 bridgehead atoms. The molecule has 0 saturated heterocycles. The maximum absolute atomic E-state index is 13.1. The lowest BCUT2D eigenvalue weighted by Gasteiger charge is -2.12. The molecule has 0 spiro atoms. The lowest BCUT2D eigenvalue weighted by atomic mass is 10.2. The molecule has 2 N–H and O–H groups in total. The van der Waals surface area contributed by atoms with Gasteiger partial charge in [-0.1, -0.05) is 6.07 Å². The van der Waals surface area contributed by atoms with Gasteiger partial charge in [-0.05, 0) is 12.1 Å². The first-order valence-electron chi connectivity index (χ1n) is 4.61. The molecule has 0 aliphatic carbocycles. The summed E-state index contributed by atoms with van der Waals surface area (Å²) in [4.78, 5) is 0. The monoisotopic (exact) mass is 237 g/mol. The van der Waals surface area contributed by atoms with Crippen molar-refractivity contribution in [3.8, 4) is 5.75 Å². The van der Waals surface area contributed by atoms with Crippen LogP contribution < -0.4 is 10.5 Å². The van der Waals surface area contributed by atoms with Crippen molar-refractivity contribution in [1.82, 2.24) is 0 Å². The maximum Gasteiger partial charge on any atom is 0.392 e. The van der Waals surface area contributed by atoms with Crippen LogP contribution in [0.1, 0.15) is 12.0 Å². The summed E-state index contributed by atoms with van der Waals surface area (Å²) in [5.41, 5.74) is 5.35. The molecule has 0 amide bonds. The molecule has 16 heavy (non-hydrogen) atoms. The summed E-state index contributed by atoms with van der Waals surface area (Å²) in [6.07, 6.45) is -5.36. The molecular weight excluding hydrogens is 226 g/mol. The Balaban J connectivity index is 2.64. The molecule has 0 fully saturated rings. The minimum atomic E-state index is -4.28. The molecule has 1 rings (SSSR count). The van der Waals surface area contributed by atoms with Crippen LogP contribution in [-0.4, -0.2) is 12.8 Å². The summed E-state index contributed by atoms with van der Waals surface area (Å²) < 4.78 is 53.5. The zero-order chi connectivity index (χ0) is 12.2. The molecule has 0 aromatic heterocycles. The molecule has 0 unspecified atom stereocenters. The fourth-order valence-corrected chi connectivity index (χ4v) is 1.15. The third-order valence-electron chi connectivity index (χ3n) is 1.92. The summed E-state index contributed by atoms with van der Waals surface area (Å²) >= 11 is 0. The van der Waals surface area contributed by atoms with E-state index in [2.05, 4.69) is 0 Å². The molecule has 2 nitrogen and oxygen atoms in total. The largest absolute Gasteiger partial charge is 0.493 e. The van der Waals surface area contributed by atoms with Crippen LogP contribution in [0.15, 0.2) is 18.2 Å². The first-order chi connectivity index (χ1) is 7.44. The molecule has 0 radical (unpaired) electrons. The molecule has 1 aromatic rings. The first-order valence-corrected chi connectivity index (χ1v) is 4.61. The summed E-state index contributed by atoms with van der Waals surface area (Å²) in [6, 6.07) is 3.93.